The van der Waals surface area contributed by atoms with Crippen molar-refractivity contribution < 1.29 is 9.53 Å². The summed E-state index contributed by atoms with van der Waals surface area (Å²) < 4.78 is 5.92. The Kier molecular flexibility index (Phi) is 1.74. The molecule has 2 heterocycles. The minimum absolute atomic E-state index is 0.0284. The maximum Gasteiger partial charge on any atom is 0.172 e. The summed E-state index contributed by atoms with van der Waals surface area (Å²) in [7, 11) is 0. The lowest BCUT2D eigenvalue weighted by atomic mass is 9.81. The SMILES string of the molecule is CC(=O)C12C=CC(C)(O1)c1cccc(Cl)c12. The summed E-state index contributed by atoms with van der Waals surface area (Å²) in [5.74, 6) is -0.0284. The molecule has 2 nitrogen and oxygen atoms in total. The van der Waals surface area contributed by atoms with Crippen molar-refractivity contribution >= 4 is 17.4 Å². The third-order valence-electron chi connectivity index (χ3n) is 3.45. The van der Waals surface area contributed by atoms with Crippen LogP contribution in [0.1, 0.15) is 25.0 Å². The molecule has 2 bridgehead atoms. The second kappa shape index (κ2) is 2.76. The first kappa shape index (κ1) is 10.1. The second-order valence-corrected chi connectivity index (χ2v) is 4.90. The van der Waals surface area contributed by atoms with Crippen LogP contribution in [-0.4, -0.2) is 5.78 Å². The minimum Gasteiger partial charge on any atom is -0.343 e. The van der Waals surface area contributed by atoms with Gasteiger partial charge in [0.2, 0.25) is 0 Å². The molecular weight excluding hydrogens is 224 g/mol. The van der Waals surface area contributed by atoms with Crippen LogP contribution in [0.2, 0.25) is 5.02 Å². The zero-order valence-electron chi connectivity index (χ0n) is 9.08. The Hall–Kier alpha value is -1.12. The van der Waals surface area contributed by atoms with Gasteiger partial charge in [0.05, 0.1) is 0 Å². The van der Waals surface area contributed by atoms with Gasteiger partial charge < -0.3 is 4.74 Å². The Balaban J connectivity index is 2.38. The summed E-state index contributed by atoms with van der Waals surface area (Å²) >= 11 is 6.19. The molecule has 0 amide bonds. The molecule has 0 aromatic heterocycles. The van der Waals surface area contributed by atoms with Gasteiger partial charge in [-0.1, -0.05) is 23.7 Å². The van der Waals surface area contributed by atoms with Crippen molar-refractivity contribution in [3.8, 4) is 0 Å². The van der Waals surface area contributed by atoms with Gasteiger partial charge in [0, 0.05) is 10.6 Å². The highest BCUT2D eigenvalue weighted by Crippen LogP contribution is 2.56. The molecule has 0 saturated heterocycles. The van der Waals surface area contributed by atoms with Crippen molar-refractivity contribution in [3.05, 3.63) is 46.5 Å². The van der Waals surface area contributed by atoms with Gasteiger partial charge in [0.25, 0.3) is 0 Å². The predicted octanol–water partition coefficient (Wildman–Crippen LogP) is 2.94. The van der Waals surface area contributed by atoms with Gasteiger partial charge in [-0.3, -0.25) is 4.79 Å². The van der Waals surface area contributed by atoms with Crippen LogP contribution in [0, 0.1) is 0 Å². The van der Waals surface area contributed by atoms with E-state index >= 15 is 0 Å². The summed E-state index contributed by atoms with van der Waals surface area (Å²) in [6, 6.07) is 5.65. The maximum atomic E-state index is 11.8. The molecule has 1 aromatic carbocycles. The fourth-order valence-corrected chi connectivity index (χ4v) is 2.95. The minimum atomic E-state index is -0.956. The Bertz CT molecular complexity index is 535. The third kappa shape index (κ3) is 0.944. The van der Waals surface area contributed by atoms with Crippen LogP contribution in [0.3, 0.4) is 0 Å². The molecule has 2 unspecified atom stereocenters. The van der Waals surface area contributed by atoms with E-state index < -0.39 is 11.2 Å². The molecule has 16 heavy (non-hydrogen) atoms. The largest absolute Gasteiger partial charge is 0.343 e. The second-order valence-electron chi connectivity index (χ2n) is 4.50. The molecule has 1 aromatic rings. The average Bonchev–Trinajstić information content (AvgIpc) is 2.70. The van der Waals surface area contributed by atoms with E-state index in [-0.39, 0.29) is 5.78 Å². The van der Waals surface area contributed by atoms with Gasteiger partial charge in [-0.15, -0.1) is 0 Å². The molecule has 3 rings (SSSR count). The van der Waals surface area contributed by atoms with Crippen LogP contribution in [0.25, 0.3) is 0 Å². The first-order chi connectivity index (χ1) is 7.50. The zero-order chi connectivity index (χ0) is 11.6. The van der Waals surface area contributed by atoms with Gasteiger partial charge >= 0.3 is 0 Å². The Morgan fingerprint density at radius 1 is 1.38 bits per heavy atom. The number of ether oxygens (including phenoxy) is 1. The van der Waals surface area contributed by atoms with E-state index in [1.165, 1.54) is 6.92 Å². The van der Waals surface area contributed by atoms with Gasteiger partial charge in [0.15, 0.2) is 11.4 Å². The van der Waals surface area contributed by atoms with Gasteiger partial charge in [-0.05, 0) is 37.6 Å². The molecule has 0 aliphatic carbocycles. The fourth-order valence-electron chi connectivity index (χ4n) is 2.64. The molecular formula is C13H11ClO2. The third-order valence-corrected chi connectivity index (χ3v) is 3.77. The van der Waals surface area contributed by atoms with Crippen LogP contribution in [-0.2, 0) is 20.7 Å². The van der Waals surface area contributed by atoms with Crippen LogP contribution >= 0.6 is 11.6 Å². The van der Waals surface area contributed by atoms with E-state index in [1.54, 1.807) is 6.07 Å². The summed E-state index contributed by atoms with van der Waals surface area (Å²) in [4.78, 5) is 11.8. The number of carbonyl (C=O) groups excluding carboxylic acids is 1. The summed E-state index contributed by atoms with van der Waals surface area (Å²) in [6.07, 6.45) is 3.76. The van der Waals surface area contributed by atoms with Crippen molar-refractivity contribution in [2.45, 2.75) is 25.0 Å². The Morgan fingerprint density at radius 2 is 2.12 bits per heavy atom. The smallest absolute Gasteiger partial charge is 0.172 e. The van der Waals surface area contributed by atoms with E-state index in [9.17, 15) is 4.79 Å². The number of ketones is 1. The lowest BCUT2D eigenvalue weighted by molar-refractivity contribution is -0.142. The van der Waals surface area contributed by atoms with Gasteiger partial charge in [-0.25, -0.2) is 0 Å². The van der Waals surface area contributed by atoms with E-state index in [2.05, 4.69) is 0 Å². The Morgan fingerprint density at radius 3 is 2.81 bits per heavy atom. The van der Waals surface area contributed by atoms with Crippen molar-refractivity contribution in [2.24, 2.45) is 0 Å². The van der Waals surface area contributed by atoms with Crippen LogP contribution in [0.5, 0.6) is 0 Å². The molecule has 0 radical (unpaired) electrons. The van der Waals surface area contributed by atoms with Crippen LogP contribution < -0.4 is 0 Å². The van der Waals surface area contributed by atoms with Gasteiger partial charge in [-0.2, -0.15) is 0 Å². The lowest BCUT2D eigenvalue weighted by Crippen LogP contribution is -2.30. The molecule has 2 aliphatic heterocycles. The molecule has 82 valence electrons. The topological polar surface area (TPSA) is 26.3 Å². The Labute approximate surface area is 98.9 Å². The number of hydrogen-bond donors (Lipinski definition) is 0. The summed E-state index contributed by atoms with van der Waals surface area (Å²) in [6.45, 7) is 3.49. The quantitative estimate of drug-likeness (QED) is 0.699. The predicted molar refractivity (Wildman–Crippen MR) is 61.4 cm³/mol. The number of benzene rings is 1. The first-order valence-corrected chi connectivity index (χ1v) is 5.58. The average molecular weight is 235 g/mol. The number of fused-ring (bicyclic) bond motifs is 5. The van der Waals surface area contributed by atoms with Crippen molar-refractivity contribution in [1.82, 2.24) is 0 Å². The molecule has 0 N–H and O–H groups in total. The highest BCUT2D eigenvalue weighted by Gasteiger charge is 2.56. The van der Waals surface area contributed by atoms with Crippen LogP contribution in [0.4, 0.5) is 0 Å². The monoisotopic (exact) mass is 234 g/mol. The number of halogens is 1. The number of carbonyl (C=O) groups is 1. The fraction of sp³-hybridized carbons (Fsp3) is 0.308. The number of rotatable bonds is 1. The molecule has 0 saturated carbocycles. The van der Waals surface area contributed by atoms with E-state index in [4.69, 9.17) is 16.3 Å². The van der Waals surface area contributed by atoms with Crippen molar-refractivity contribution in [3.63, 3.8) is 0 Å². The van der Waals surface area contributed by atoms with Crippen molar-refractivity contribution in [1.29, 1.82) is 0 Å². The van der Waals surface area contributed by atoms with Crippen molar-refractivity contribution in [2.75, 3.05) is 0 Å². The van der Waals surface area contributed by atoms with E-state index in [0.29, 0.717) is 5.02 Å². The molecule has 3 heteroatoms. The number of Topliss-reactive ketones (excluding diaryl/α,β-unsaturated/α-hetero) is 1. The zero-order valence-corrected chi connectivity index (χ0v) is 9.84. The molecule has 2 aliphatic rings. The highest BCUT2D eigenvalue weighted by molar-refractivity contribution is 6.32. The molecule has 0 fully saturated rings. The highest BCUT2D eigenvalue weighted by atomic mass is 35.5. The normalized spacial score (nSPS) is 34.2. The van der Waals surface area contributed by atoms with E-state index in [0.717, 1.165) is 11.1 Å². The van der Waals surface area contributed by atoms with E-state index in [1.807, 2.05) is 31.2 Å². The summed E-state index contributed by atoms with van der Waals surface area (Å²) in [5, 5.41) is 0.598. The summed E-state index contributed by atoms with van der Waals surface area (Å²) in [5.41, 5.74) is 0.348. The molecule has 0 spiro atoms. The maximum absolute atomic E-state index is 11.8. The lowest BCUT2D eigenvalue weighted by Gasteiger charge is -2.21. The standard InChI is InChI=1S/C13H11ClO2/c1-8(15)13-7-6-12(2,16-13)9-4-3-5-10(14)11(9)13/h3-7H,1-2H3. The number of hydrogen-bond acceptors (Lipinski definition) is 2. The van der Waals surface area contributed by atoms with Gasteiger partial charge in [0.1, 0.15) is 5.60 Å². The van der Waals surface area contributed by atoms with Crippen LogP contribution in [0.15, 0.2) is 30.4 Å². The molecule has 2 atom stereocenters. The first-order valence-electron chi connectivity index (χ1n) is 5.21.